The predicted octanol–water partition coefficient (Wildman–Crippen LogP) is 3.66. The maximum atomic E-state index is 13.5. The molecule has 4 aliphatic carbocycles. The molecule has 1 aromatic rings. The Kier molecular flexibility index (Phi) is 4.01. The third kappa shape index (κ3) is 2.50. The van der Waals surface area contributed by atoms with E-state index in [-0.39, 0.29) is 36.1 Å². The summed E-state index contributed by atoms with van der Waals surface area (Å²) in [6.07, 6.45) is 5.15. The second-order valence-electron chi connectivity index (χ2n) is 11.0. The number of ether oxygens (including phenoxy) is 2. The van der Waals surface area contributed by atoms with Gasteiger partial charge in [-0.2, -0.15) is 0 Å². The third-order valence-corrected chi connectivity index (χ3v) is 8.83. The summed E-state index contributed by atoms with van der Waals surface area (Å²) in [4.78, 5) is 28.7. The van der Waals surface area contributed by atoms with Crippen LogP contribution in [0.3, 0.4) is 0 Å². The van der Waals surface area contributed by atoms with Crippen LogP contribution in [0.15, 0.2) is 18.2 Å². The van der Waals surface area contributed by atoms with E-state index in [1.807, 2.05) is 19.1 Å². The molecule has 1 N–H and O–H groups in total. The lowest BCUT2D eigenvalue weighted by Gasteiger charge is -2.66. The van der Waals surface area contributed by atoms with E-state index in [0.717, 1.165) is 49.2 Å². The normalized spacial score (nSPS) is 38.9. The van der Waals surface area contributed by atoms with Crippen LogP contribution in [0.1, 0.15) is 64.5 Å². The zero-order valence-electron chi connectivity index (χ0n) is 18.6. The summed E-state index contributed by atoms with van der Waals surface area (Å²) in [5.41, 5.74) is 0.381. The first-order valence-corrected chi connectivity index (χ1v) is 11.9. The summed E-state index contributed by atoms with van der Waals surface area (Å²) in [5.74, 6) is 3.48. The van der Waals surface area contributed by atoms with Crippen molar-refractivity contribution in [3.63, 3.8) is 0 Å². The van der Waals surface area contributed by atoms with Gasteiger partial charge in [0.15, 0.2) is 11.5 Å². The van der Waals surface area contributed by atoms with Crippen molar-refractivity contribution in [1.82, 2.24) is 10.2 Å². The fraction of sp³-hybridized carbons (Fsp3) is 0.680. The number of rotatable bonds is 4. The number of likely N-dealkylation sites (tertiary alicyclic amines) is 1. The highest BCUT2D eigenvalue weighted by Gasteiger charge is 2.66. The summed E-state index contributed by atoms with van der Waals surface area (Å²) in [7, 11) is 0. The molecule has 0 aromatic heterocycles. The van der Waals surface area contributed by atoms with Gasteiger partial charge in [-0.1, -0.05) is 12.1 Å². The number of hydrogen-bond acceptors (Lipinski definition) is 4. The van der Waals surface area contributed by atoms with Crippen LogP contribution in [0, 0.1) is 28.6 Å². The number of fused-ring (bicyclic) bond motifs is 1. The molecule has 31 heavy (non-hydrogen) atoms. The molecule has 2 aliphatic heterocycles. The van der Waals surface area contributed by atoms with Crippen molar-refractivity contribution in [2.24, 2.45) is 28.6 Å². The van der Waals surface area contributed by atoms with E-state index in [0.29, 0.717) is 24.3 Å². The molecule has 6 nitrogen and oxygen atoms in total. The Morgan fingerprint density at radius 2 is 1.90 bits per heavy atom. The second-order valence-corrected chi connectivity index (χ2v) is 11.0. The molecule has 4 bridgehead atoms. The number of β-lactam (4-membered cyclic amide) rings is 1. The highest BCUT2D eigenvalue weighted by atomic mass is 16.7. The summed E-state index contributed by atoms with van der Waals surface area (Å²) in [6.45, 7) is 7.03. The van der Waals surface area contributed by atoms with Gasteiger partial charge in [-0.05, 0) is 76.7 Å². The van der Waals surface area contributed by atoms with Crippen molar-refractivity contribution in [1.29, 1.82) is 0 Å². The van der Waals surface area contributed by atoms with Crippen molar-refractivity contribution in [3.05, 3.63) is 23.8 Å². The van der Waals surface area contributed by atoms with Gasteiger partial charge in [0.2, 0.25) is 18.6 Å². The number of amides is 2. The highest BCUT2D eigenvalue weighted by Crippen LogP contribution is 2.65. The van der Waals surface area contributed by atoms with Crippen molar-refractivity contribution in [3.8, 4) is 11.5 Å². The molecule has 3 atom stereocenters. The van der Waals surface area contributed by atoms with Crippen molar-refractivity contribution < 1.29 is 19.1 Å². The maximum Gasteiger partial charge on any atom is 0.231 e. The minimum atomic E-state index is -0.465. The molecule has 6 aliphatic rings. The number of hydrogen-bond donors (Lipinski definition) is 1. The van der Waals surface area contributed by atoms with Crippen molar-refractivity contribution in [2.75, 3.05) is 13.3 Å². The quantitative estimate of drug-likeness (QED) is 0.749. The third-order valence-electron chi connectivity index (χ3n) is 8.83. The molecular weight excluding hydrogens is 392 g/mol. The Bertz CT molecular complexity index is 941. The summed E-state index contributed by atoms with van der Waals surface area (Å²) < 4.78 is 11.5. The van der Waals surface area contributed by atoms with E-state index in [1.54, 1.807) is 0 Å². The number of benzene rings is 1. The average Bonchev–Trinajstić information content (AvgIpc) is 3.21. The Morgan fingerprint density at radius 3 is 2.61 bits per heavy atom. The van der Waals surface area contributed by atoms with Gasteiger partial charge >= 0.3 is 0 Å². The fourth-order valence-electron chi connectivity index (χ4n) is 7.94. The zero-order valence-corrected chi connectivity index (χ0v) is 18.6. The van der Waals surface area contributed by atoms with Gasteiger partial charge in [-0.15, -0.1) is 0 Å². The van der Waals surface area contributed by atoms with E-state index < -0.39 is 5.41 Å². The predicted molar refractivity (Wildman–Crippen MR) is 114 cm³/mol. The van der Waals surface area contributed by atoms with E-state index in [2.05, 4.69) is 30.1 Å². The van der Waals surface area contributed by atoms with Crippen molar-refractivity contribution in [2.45, 2.75) is 65.0 Å². The Labute approximate surface area is 183 Å². The van der Waals surface area contributed by atoms with Crippen LogP contribution < -0.4 is 14.8 Å². The topological polar surface area (TPSA) is 67.9 Å². The van der Waals surface area contributed by atoms with Gasteiger partial charge in [0.05, 0.1) is 16.9 Å². The summed E-state index contributed by atoms with van der Waals surface area (Å²) >= 11 is 0. The number of para-hydroxylation sites is 1. The largest absolute Gasteiger partial charge is 0.454 e. The Balaban J connectivity index is 1.35. The number of carbonyl (C=O) groups excluding carboxylic acids is 2. The summed E-state index contributed by atoms with van der Waals surface area (Å²) in [6, 6.07) is 6.23. The molecule has 6 heteroatoms. The van der Waals surface area contributed by atoms with Gasteiger partial charge in [-0.25, -0.2) is 0 Å². The number of nitrogens with zero attached hydrogens (tertiary/aromatic N) is 1. The minimum Gasteiger partial charge on any atom is -0.454 e. The second kappa shape index (κ2) is 6.39. The molecule has 7 rings (SSSR count). The first-order chi connectivity index (χ1) is 14.9. The standard InChI is InChI=1S/C25H32N2O4/c1-4-26-22(28)25-10-14-8-15(11-25)19(16(9-14)12-25)27-21(24(2,3)23(27)29)17-6-5-7-18-20(17)31-13-30-18/h5-7,14-16,19,21H,4,8-13H2,1-3H3,(H,26,28). The van der Waals surface area contributed by atoms with E-state index in [4.69, 9.17) is 9.47 Å². The SMILES string of the molecule is CCNC(=O)C12CC3CC(C1)C(N1C(=O)C(C)(C)C1c1cccc4c1OCO4)C(C3)C2. The molecule has 5 fully saturated rings. The highest BCUT2D eigenvalue weighted by molar-refractivity contribution is 5.91. The summed E-state index contributed by atoms with van der Waals surface area (Å²) in [5, 5.41) is 3.11. The van der Waals surface area contributed by atoms with Crippen molar-refractivity contribution >= 4 is 11.8 Å². The fourth-order valence-corrected chi connectivity index (χ4v) is 7.94. The molecule has 0 radical (unpaired) electrons. The first kappa shape index (κ1) is 19.4. The molecule has 166 valence electrons. The Hall–Kier alpha value is -2.24. The molecular formula is C25H32N2O4. The van der Waals surface area contributed by atoms with Crippen LogP contribution >= 0.6 is 0 Å². The zero-order chi connectivity index (χ0) is 21.5. The first-order valence-electron chi connectivity index (χ1n) is 11.9. The lowest BCUT2D eigenvalue weighted by atomic mass is 9.46. The van der Waals surface area contributed by atoms with Crippen LogP contribution in [0.25, 0.3) is 0 Å². The van der Waals surface area contributed by atoms with E-state index in [9.17, 15) is 9.59 Å². The molecule has 1 saturated heterocycles. The molecule has 1 aromatic carbocycles. The van der Waals surface area contributed by atoms with Gasteiger partial charge in [0, 0.05) is 18.2 Å². The number of nitrogens with one attached hydrogen (secondary N) is 1. The maximum absolute atomic E-state index is 13.5. The van der Waals surface area contributed by atoms with Crippen LogP contribution in [0.2, 0.25) is 0 Å². The van der Waals surface area contributed by atoms with Gasteiger partial charge in [0.25, 0.3) is 0 Å². The molecule has 3 unspecified atom stereocenters. The van der Waals surface area contributed by atoms with E-state index in [1.165, 1.54) is 0 Å². The molecule has 2 amide bonds. The van der Waals surface area contributed by atoms with Crippen LogP contribution in [0.4, 0.5) is 0 Å². The minimum absolute atomic E-state index is 0.0143. The molecule has 0 spiro atoms. The monoisotopic (exact) mass is 424 g/mol. The molecule has 4 saturated carbocycles. The van der Waals surface area contributed by atoms with Crippen LogP contribution in [0.5, 0.6) is 11.5 Å². The lowest BCUT2D eigenvalue weighted by Crippen LogP contribution is -2.71. The Morgan fingerprint density at radius 1 is 1.16 bits per heavy atom. The lowest BCUT2D eigenvalue weighted by molar-refractivity contribution is -0.199. The number of carbonyl (C=O) groups is 2. The van der Waals surface area contributed by atoms with E-state index >= 15 is 0 Å². The van der Waals surface area contributed by atoms with Crippen LogP contribution in [-0.2, 0) is 9.59 Å². The smallest absolute Gasteiger partial charge is 0.231 e. The average molecular weight is 425 g/mol. The molecule has 2 heterocycles. The van der Waals surface area contributed by atoms with Gasteiger partial charge in [-0.3, -0.25) is 9.59 Å². The van der Waals surface area contributed by atoms with Crippen LogP contribution in [-0.4, -0.2) is 36.1 Å². The van der Waals surface area contributed by atoms with Gasteiger partial charge < -0.3 is 19.7 Å². The van der Waals surface area contributed by atoms with Gasteiger partial charge in [0.1, 0.15) is 0 Å².